The summed E-state index contributed by atoms with van der Waals surface area (Å²) in [5, 5.41) is 19.8. The number of rotatable bonds is 7. The quantitative estimate of drug-likeness (QED) is 0.374. The van der Waals surface area contributed by atoms with E-state index in [0.717, 1.165) is 34.0 Å². The lowest BCUT2D eigenvalue weighted by Gasteiger charge is -2.43. The second-order valence-electron chi connectivity index (χ2n) is 12.4. The van der Waals surface area contributed by atoms with Gasteiger partial charge in [-0.1, -0.05) is 47.0 Å². The molecule has 2 aliphatic carbocycles. The van der Waals surface area contributed by atoms with Crippen LogP contribution in [0.2, 0.25) is 0 Å². The van der Waals surface area contributed by atoms with E-state index in [-0.39, 0.29) is 24.5 Å². The van der Waals surface area contributed by atoms with Crippen LogP contribution in [0.25, 0.3) is 0 Å². The Morgan fingerprint density at radius 2 is 1.96 bits per heavy atom. The van der Waals surface area contributed by atoms with Gasteiger partial charge in [-0.15, -0.1) is 0 Å². The average Bonchev–Trinajstić information content (AvgIpc) is 3.46. The second kappa shape index (κ2) is 11.3. The van der Waals surface area contributed by atoms with Gasteiger partial charge in [0, 0.05) is 41.7 Å². The zero-order valence-corrected chi connectivity index (χ0v) is 26.6. The monoisotopic (exact) mass is 671 g/mol. The number of amides is 2. The Hall–Kier alpha value is -4.17. The van der Waals surface area contributed by atoms with E-state index in [0.29, 0.717) is 68.0 Å². The number of aromatic nitrogens is 2. The maximum Gasteiger partial charge on any atom is 0.307 e. The first-order valence-corrected chi connectivity index (χ1v) is 16.4. The first-order valence-electron chi connectivity index (χ1n) is 15.6. The van der Waals surface area contributed by atoms with Crippen molar-refractivity contribution in [3.05, 3.63) is 80.8 Å². The van der Waals surface area contributed by atoms with E-state index < -0.39 is 23.3 Å². The molecule has 4 aliphatic rings. The molecule has 4 atom stereocenters. The normalized spacial score (nSPS) is 25.1. The lowest BCUT2D eigenvalue weighted by Crippen LogP contribution is -2.53. The van der Waals surface area contributed by atoms with E-state index in [1.54, 1.807) is 10.9 Å². The number of aliphatic carboxylic acids is 1. The van der Waals surface area contributed by atoms with Crippen LogP contribution in [0, 0.1) is 23.2 Å². The molecule has 45 heavy (non-hydrogen) atoms. The number of hydrogen-bond donors (Lipinski definition) is 1. The van der Waals surface area contributed by atoms with Gasteiger partial charge in [0.05, 0.1) is 29.7 Å². The van der Waals surface area contributed by atoms with Gasteiger partial charge in [-0.25, -0.2) is 4.98 Å². The highest BCUT2D eigenvalue weighted by molar-refractivity contribution is 9.10. The molecule has 1 aromatic heterocycles. The number of nitriles is 1. The molecule has 2 aliphatic heterocycles. The maximum atomic E-state index is 14.5. The van der Waals surface area contributed by atoms with Crippen LogP contribution in [-0.4, -0.2) is 54.8 Å². The number of carbonyl (C=O) groups excluding carboxylic acids is 2. The standard InChI is InChI=1S/C34H34BrN5O5/c1-2-38-19-37-26(27(38)16-36)18-45-28-12-11-25(35)24-13-14-40(32(42)22-9-5-6-10-23(22)33(43)44)34(30(24)28)15-29(34)39-17-20-7-3-4-8-21(20)31(39)41/h3-4,7-8,11-12,19,22-23,29H,2,5-6,9-10,13-15,17-18H2,1H3,(H,43,44)/t22-,23+,29?,34?/m1/s1. The molecule has 10 nitrogen and oxygen atoms in total. The average molecular weight is 673 g/mol. The topological polar surface area (TPSA) is 129 Å². The number of carboxylic acids is 1. The van der Waals surface area contributed by atoms with Gasteiger partial charge in [0.15, 0.2) is 0 Å². The van der Waals surface area contributed by atoms with Crippen molar-refractivity contribution < 1.29 is 24.2 Å². The van der Waals surface area contributed by atoms with E-state index in [1.165, 1.54) is 0 Å². The van der Waals surface area contributed by atoms with Crippen molar-refractivity contribution >= 4 is 33.7 Å². The molecule has 2 fully saturated rings. The van der Waals surface area contributed by atoms with Crippen LogP contribution in [0.15, 0.2) is 47.2 Å². The molecule has 0 saturated heterocycles. The Bertz CT molecular complexity index is 1760. The van der Waals surface area contributed by atoms with Crippen molar-refractivity contribution in [1.82, 2.24) is 19.4 Å². The smallest absolute Gasteiger partial charge is 0.307 e. The third kappa shape index (κ3) is 4.64. The molecule has 3 aromatic rings. The van der Waals surface area contributed by atoms with Crippen LogP contribution in [0.5, 0.6) is 5.75 Å². The van der Waals surface area contributed by atoms with Gasteiger partial charge in [0.25, 0.3) is 5.91 Å². The zero-order chi connectivity index (χ0) is 31.5. The number of benzene rings is 2. The number of carbonyl (C=O) groups is 3. The molecule has 2 saturated carbocycles. The Balaban J connectivity index is 1.31. The fourth-order valence-corrected chi connectivity index (χ4v) is 8.49. The summed E-state index contributed by atoms with van der Waals surface area (Å²) in [6.45, 7) is 3.48. The van der Waals surface area contributed by atoms with Crippen LogP contribution in [0.1, 0.15) is 77.5 Å². The molecule has 0 radical (unpaired) electrons. The molecule has 2 aromatic carbocycles. The lowest BCUT2D eigenvalue weighted by atomic mass is 9.77. The summed E-state index contributed by atoms with van der Waals surface area (Å²) < 4.78 is 9.14. The number of halogens is 1. The van der Waals surface area contributed by atoms with Crippen molar-refractivity contribution in [3.63, 3.8) is 0 Å². The highest BCUT2D eigenvalue weighted by Crippen LogP contribution is 2.61. The Labute approximate surface area is 269 Å². The van der Waals surface area contributed by atoms with Gasteiger partial charge >= 0.3 is 5.97 Å². The predicted octanol–water partition coefficient (Wildman–Crippen LogP) is 5.02. The zero-order valence-electron chi connectivity index (χ0n) is 25.0. The lowest BCUT2D eigenvalue weighted by molar-refractivity contribution is -0.154. The summed E-state index contributed by atoms with van der Waals surface area (Å²) >= 11 is 3.75. The van der Waals surface area contributed by atoms with Crippen molar-refractivity contribution in [3.8, 4) is 11.8 Å². The third-order valence-corrected chi connectivity index (χ3v) is 11.0. The van der Waals surface area contributed by atoms with Crippen LogP contribution >= 0.6 is 15.9 Å². The summed E-state index contributed by atoms with van der Waals surface area (Å²) in [5.41, 5.74) is 3.59. The Kier molecular flexibility index (Phi) is 7.43. The minimum Gasteiger partial charge on any atom is -0.487 e. The third-order valence-electron chi connectivity index (χ3n) is 10.2. The second-order valence-corrected chi connectivity index (χ2v) is 13.3. The summed E-state index contributed by atoms with van der Waals surface area (Å²) in [7, 11) is 0. The highest BCUT2D eigenvalue weighted by Gasteiger charge is 2.68. The van der Waals surface area contributed by atoms with Gasteiger partial charge in [-0.3, -0.25) is 14.4 Å². The van der Waals surface area contributed by atoms with Crippen molar-refractivity contribution in [1.29, 1.82) is 5.26 Å². The number of fused-ring (bicyclic) bond motifs is 3. The first kappa shape index (κ1) is 29.5. The fraction of sp³-hybridized carbons (Fsp3) is 0.441. The molecule has 232 valence electrons. The molecular formula is C34H34BrN5O5. The highest BCUT2D eigenvalue weighted by atomic mass is 79.9. The number of ether oxygens (including phenoxy) is 1. The van der Waals surface area contributed by atoms with E-state index in [4.69, 9.17) is 4.74 Å². The molecular weight excluding hydrogens is 638 g/mol. The molecule has 3 heterocycles. The van der Waals surface area contributed by atoms with E-state index in [1.807, 2.05) is 53.1 Å². The first-order chi connectivity index (χ1) is 21.8. The van der Waals surface area contributed by atoms with Crippen LogP contribution in [0.3, 0.4) is 0 Å². The number of nitrogens with zero attached hydrogens (tertiary/aromatic N) is 5. The molecule has 2 unspecified atom stereocenters. The minimum atomic E-state index is -0.927. The summed E-state index contributed by atoms with van der Waals surface area (Å²) in [6.07, 6.45) is 5.34. The van der Waals surface area contributed by atoms with E-state index in [9.17, 15) is 24.8 Å². The van der Waals surface area contributed by atoms with Crippen molar-refractivity contribution in [2.75, 3.05) is 6.54 Å². The minimum absolute atomic E-state index is 0.0608. The molecule has 11 heteroatoms. The van der Waals surface area contributed by atoms with Crippen molar-refractivity contribution in [2.45, 2.75) is 76.7 Å². The van der Waals surface area contributed by atoms with E-state index >= 15 is 0 Å². The van der Waals surface area contributed by atoms with Crippen LogP contribution in [0.4, 0.5) is 0 Å². The molecule has 7 rings (SSSR count). The Morgan fingerprint density at radius 1 is 1.18 bits per heavy atom. The number of aryl methyl sites for hydroxylation is 1. The van der Waals surface area contributed by atoms with Gasteiger partial charge in [-0.05, 0) is 55.5 Å². The number of imidazole rings is 1. The van der Waals surface area contributed by atoms with Crippen molar-refractivity contribution in [2.24, 2.45) is 11.8 Å². The fourth-order valence-electron chi connectivity index (χ4n) is 7.96. The van der Waals surface area contributed by atoms with Crippen LogP contribution in [-0.2, 0) is 41.2 Å². The van der Waals surface area contributed by atoms with Gasteiger partial charge in [0.2, 0.25) is 5.91 Å². The molecule has 0 bridgehead atoms. The summed E-state index contributed by atoms with van der Waals surface area (Å²) in [4.78, 5) is 48.8. The molecule has 1 N–H and O–H groups in total. The largest absolute Gasteiger partial charge is 0.487 e. The number of hydrogen-bond acceptors (Lipinski definition) is 6. The summed E-state index contributed by atoms with van der Waals surface area (Å²) in [5.74, 6) is -1.91. The van der Waals surface area contributed by atoms with Gasteiger partial charge in [-0.2, -0.15) is 5.26 Å². The van der Waals surface area contributed by atoms with Crippen LogP contribution < -0.4 is 4.74 Å². The van der Waals surface area contributed by atoms with E-state index in [2.05, 4.69) is 27.0 Å². The Morgan fingerprint density at radius 3 is 2.69 bits per heavy atom. The molecule has 1 spiro atoms. The van der Waals surface area contributed by atoms with Gasteiger partial charge < -0.3 is 24.2 Å². The SMILES string of the molecule is CCn1cnc(COc2ccc(Br)c3c2C2(CC2N2Cc4ccccc4C2=O)N(C(=O)[C@@H]2CCCC[C@@H]2C(=O)O)CC3)c1C#N. The van der Waals surface area contributed by atoms with Gasteiger partial charge in [0.1, 0.15) is 29.8 Å². The molecule has 2 amide bonds. The predicted molar refractivity (Wildman–Crippen MR) is 166 cm³/mol. The maximum absolute atomic E-state index is 14.5. The summed E-state index contributed by atoms with van der Waals surface area (Å²) in [6, 6.07) is 13.3. The number of carboxylic acid groups (broad SMARTS) is 1.